The van der Waals surface area contributed by atoms with Gasteiger partial charge in [0, 0.05) is 13.5 Å². The number of ether oxygens (including phenoxy) is 2. The fourth-order valence-corrected chi connectivity index (χ4v) is 1.39. The number of carbonyl (C=O) groups excluding carboxylic acids is 1. The van der Waals surface area contributed by atoms with Crippen LogP contribution >= 0.6 is 0 Å². The lowest BCUT2D eigenvalue weighted by atomic mass is 10.2. The first-order valence-corrected chi connectivity index (χ1v) is 5.69. The lowest BCUT2D eigenvalue weighted by Crippen LogP contribution is -2.16. The van der Waals surface area contributed by atoms with Crippen molar-refractivity contribution in [2.45, 2.75) is 19.9 Å². The molecule has 1 N–H and O–H groups in total. The molecule has 1 aromatic carbocycles. The van der Waals surface area contributed by atoms with Crippen LogP contribution in [0.1, 0.15) is 18.9 Å². The largest absolute Gasteiger partial charge is 0.497 e. The lowest BCUT2D eigenvalue weighted by molar-refractivity contribution is -0.141. The number of hydrogen-bond acceptors (Lipinski definition) is 4. The van der Waals surface area contributed by atoms with Gasteiger partial charge in [0.15, 0.2) is 0 Å². The van der Waals surface area contributed by atoms with E-state index >= 15 is 0 Å². The average Bonchev–Trinajstić information content (AvgIpc) is 2.34. The van der Waals surface area contributed by atoms with Gasteiger partial charge in [0.05, 0.1) is 13.7 Å². The van der Waals surface area contributed by atoms with E-state index in [1.807, 2.05) is 24.3 Å². The molecule has 0 aliphatic heterocycles. The summed E-state index contributed by atoms with van der Waals surface area (Å²) in [7, 11) is 1.66. The molecule has 0 aliphatic rings. The standard InChI is InChI=1S/C13H19NO3/c1-11(15)17-9-3-8-14-10-12-4-6-13(16-2)7-5-12/h4-7,14H,3,8-10H2,1-2H3. The Morgan fingerprint density at radius 2 is 2.00 bits per heavy atom. The molecule has 4 heteroatoms. The maximum Gasteiger partial charge on any atom is 0.302 e. The van der Waals surface area contributed by atoms with Crippen LogP contribution in [0.4, 0.5) is 0 Å². The number of carbonyl (C=O) groups is 1. The highest BCUT2D eigenvalue weighted by Crippen LogP contribution is 2.10. The normalized spacial score (nSPS) is 10.0. The van der Waals surface area contributed by atoms with Gasteiger partial charge in [-0.05, 0) is 30.7 Å². The smallest absolute Gasteiger partial charge is 0.302 e. The Kier molecular flexibility index (Phi) is 6.10. The van der Waals surface area contributed by atoms with Crippen molar-refractivity contribution in [2.24, 2.45) is 0 Å². The topological polar surface area (TPSA) is 47.6 Å². The fourth-order valence-electron chi connectivity index (χ4n) is 1.39. The zero-order valence-electron chi connectivity index (χ0n) is 10.4. The van der Waals surface area contributed by atoms with Crippen molar-refractivity contribution >= 4 is 5.97 Å². The number of methoxy groups -OCH3 is 1. The summed E-state index contributed by atoms with van der Waals surface area (Å²) in [5, 5.41) is 3.28. The molecule has 0 radical (unpaired) electrons. The molecule has 0 unspecified atom stereocenters. The minimum atomic E-state index is -0.222. The number of benzene rings is 1. The van der Waals surface area contributed by atoms with E-state index in [1.165, 1.54) is 12.5 Å². The van der Waals surface area contributed by atoms with E-state index in [-0.39, 0.29) is 5.97 Å². The van der Waals surface area contributed by atoms with E-state index in [0.717, 1.165) is 25.3 Å². The maximum atomic E-state index is 10.5. The Balaban J connectivity index is 2.11. The van der Waals surface area contributed by atoms with Crippen molar-refractivity contribution in [1.82, 2.24) is 5.32 Å². The molecule has 0 heterocycles. The molecule has 94 valence electrons. The van der Waals surface area contributed by atoms with Crippen molar-refractivity contribution in [3.8, 4) is 5.75 Å². The van der Waals surface area contributed by atoms with E-state index < -0.39 is 0 Å². The molecule has 0 amide bonds. The summed E-state index contributed by atoms with van der Waals surface area (Å²) < 4.78 is 9.91. The van der Waals surface area contributed by atoms with Gasteiger partial charge in [0.1, 0.15) is 5.75 Å². The van der Waals surface area contributed by atoms with Crippen molar-refractivity contribution in [3.05, 3.63) is 29.8 Å². The summed E-state index contributed by atoms with van der Waals surface area (Å²) in [5.41, 5.74) is 1.21. The maximum absolute atomic E-state index is 10.5. The zero-order valence-corrected chi connectivity index (χ0v) is 10.4. The van der Waals surface area contributed by atoms with Crippen LogP contribution in [0, 0.1) is 0 Å². The van der Waals surface area contributed by atoms with Gasteiger partial charge in [-0.25, -0.2) is 0 Å². The third-order valence-corrected chi connectivity index (χ3v) is 2.29. The van der Waals surface area contributed by atoms with Gasteiger partial charge in [0.25, 0.3) is 0 Å². The summed E-state index contributed by atoms with van der Waals surface area (Å²) in [6.07, 6.45) is 0.829. The summed E-state index contributed by atoms with van der Waals surface area (Å²) in [6.45, 7) is 3.54. The average molecular weight is 237 g/mol. The predicted octanol–water partition coefficient (Wildman–Crippen LogP) is 1.74. The Morgan fingerprint density at radius 1 is 1.29 bits per heavy atom. The molecule has 0 saturated heterocycles. The van der Waals surface area contributed by atoms with Gasteiger partial charge in [-0.2, -0.15) is 0 Å². The van der Waals surface area contributed by atoms with Crippen molar-refractivity contribution in [3.63, 3.8) is 0 Å². The van der Waals surface area contributed by atoms with Crippen LogP contribution in [-0.4, -0.2) is 26.2 Å². The van der Waals surface area contributed by atoms with Crippen LogP contribution in [-0.2, 0) is 16.1 Å². The van der Waals surface area contributed by atoms with Crippen LogP contribution in [0.5, 0.6) is 5.75 Å². The second-order valence-corrected chi connectivity index (χ2v) is 3.72. The summed E-state index contributed by atoms with van der Waals surface area (Å²) in [6, 6.07) is 7.93. The zero-order chi connectivity index (χ0) is 12.5. The highest BCUT2D eigenvalue weighted by Gasteiger charge is 1.95. The molecule has 0 bridgehead atoms. The van der Waals surface area contributed by atoms with E-state index in [9.17, 15) is 4.79 Å². The Hall–Kier alpha value is -1.55. The monoisotopic (exact) mass is 237 g/mol. The SMILES string of the molecule is COc1ccc(CNCCCOC(C)=O)cc1. The van der Waals surface area contributed by atoms with E-state index in [2.05, 4.69) is 5.32 Å². The first-order valence-electron chi connectivity index (χ1n) is 5.69. The van der Waals surface area contributed by atoms with Gasteiger partial charge >= 0.3 is 5.97 Å². The van der Waals surface area contributed by atoms with Gasteiger partial charge < -0.3 is 14.8 Å². The molecular weight excluding hydrogens is 218 g/mol. The van der Waals surface area contributed by atoms with Crippen LogP contribution in [0.25, 0.3) is 0 Å². The first kappa shape index (κ1) is 13.5. The molecular formula is C13H19NO3. The molecule has 0 saturated carbocycles. The summed E-state index contributed by atoms with van der Waals surface area (Å²) in [4.78, 5) is 10.5. The highest BCUT2D eigenvalue weighted by molar-refractivity contribution is 5.65. The van der Waals surface area contributed by atoms with Gasteiger partial charge in [-0.15, -0.1) is 0 Å². The quantitative estimate of drug-likeness (QED) is 0.579. The van der Waals surface area contributed by atoms with Crippen LogP contribution in [0.15, 0.2) is 24.3 Å². The number of hydrogen-bond donors (Lipinski definition) is 1. The number of esters is 1. The highest BCUT2D eigenvalue weighted by atomic mass is 16.5. The molecule has 17 heavy (non-hydrogen) atoms. The predicted molar refractivity (Wildman–Crippen MR) is 66.0 cm³/mol. The van der Waals surface area contributed by atoms with Crippen molar-refractivity contribution in [2.75, 3.05) is 20.3 Å². The Bertz CT molecular complexity index is 335. The minimum Gasteiger partial charge on any atom is -0.497 e. The second-order valence-electron chi connectivity index (χ2n) is 3.72. The molecule has 4 nitrogen and oxygen atoms in total. The van der Waals surface area contributed by atoms with Gasteiger partial charge in [-0.1, -0.05) is 12.1 Å². The third-order valence-electron chi connectivity index (χ3n) is 2.29. The van der Waals surface area contributed by atoms with Crippen molar-refractivity contribution < 1.29 is 14.3 Å². The Labute approximate surface area is 102 Å². The number of nitrogens with one attached hydrogen (secondary N) is 1. The molecule has 1 rings (SSSR count). The summed E-state index contributed by atoms with van der Waals surface area (Å²) >= 11 is 0. The molecule has 1 aromatic rings. The third kappa shape index (κ3) is 5.92. The molecule has 0 fully saturated rings. The molecule has 0 aliphatic carbocycles. The fraction of sp³-hybridized carbons (Fsp3) is 0.462. The van der Waals surface area contributed by atoms with E-state index in [0.29, 0.717) is 6.61 Å². The van der Waals surface area contributed by atoms with Crippen LogP contribution in [0.3, 0.4) is 0 Å². The van der Waals surface area contributed by atoms with E-state index in [1.54, 1.807) is 7.11 Å². The first-order chi connectivity index (χ1) is 8.22. The minimum absolute atomic E-state index is 0.222. The second kappa shape index (κ2) is 7.68. The molecule has 0 atom stereocenters. The lowest BCUT2D eigenvalue weighted by Gasteiger charge is -2.06. The van der Waals surface area contributed by atoms with Crippen molar-refractivity contribution in [1.29, 1.82) is 0 Å². The summed E-state index contributed by atoms with van der Waals surface area (Å²) in [5.74, 6) is 0.642. The Morgan fingerprint density at radius 3 is 2.59 bits per heavy atom. The van der Waals surface area contributed by atoms with Gasteiger partial charge in [0.2, 0.25) is 0 Å². The van der Waals surface area contributed by atoms with Crippen LogP contribution in [0.2, 0.25) is 0 Å². The van der Waals surface area contributed by atoms with E-state index in [4.69, 9.17) is 9.47 Å². The number of rotatable bonds is 7. The van der Waals surface area contributed by atoms with Crippen LogP contribution < -0.4 is 10.1 Å². The van der Waals surface area contributed by atoms with Gasteiger partial charge in [-0.3, -0.25) is 4.79 Å². The molecule has 0 spiro atoms. The molecule has 0 aromatic heterocycles.